The molecule has 0 amide bonds. The Hall–Kier alpha value is -1.74. The van der Waals surface area contributed by atoms with Crippen molar-refractivity contribution in [3.8, 4) is 5.69 Å². The minimum atomic E-state index is 0.491. The van der Waals surface area contributed by atoms with Crippen LogP contribution in [0.4, 0.5) is 0 Å². The second-order valence-corrected chi connectivity index (χ2v) is 6.90. The van der Waals surface area contributed by atoms with Gasteiger partial charge in [0.2, 0.25) is 4.77 Å². The zero-order chi connectivity index (χ0) is 16.6. The molecule has 1 aromatic carbocycles. The average molecular weight is 437 g/mol. The fourth-order valence-electron chi connectivity index (χ4n) is 2.53. The van der Waals surface area contributed by atoms with Crippen LogP contribution in [0.5, 0.6) is 0 Å². The largest absolute Gasteiger partial charge is 0.318 e. The van der Waals surface area contributed by atoms with Gasteiger partial charge in [0.25, 0.3) is 0 Å². The van der Waals surface area contributed by atoms with Crippen molar-refractivity contribution in [3.63, 3.8) is 0 Å². The summed E-state index contributed by atoms with van der Waals surface area (Å²) in [6.07, 6.45) is 1.82. The van der Waals surface area contributed by atoms with E-state index in [0.29, 0.717) is 4.77 Å². The highest BCUT2D eigenvalue weighted by Gasteiger charge is 2.09. The summed E-state index contributed by atoms with van der Waals surface area (Å²) in [4.78, 5) is 0. The molecule has 0 atom stereocenters. The normalized spacial score (nSPS) is 11.5. The van der Waals surface area contributed by atoms with Crippen molar-refractivity contribution in [1.82, 2.24) is 19.4 Å². The number of hydrogen-bond acceptors (Lipinski definition) is 3. The van der Waals surface area contributed by atoms with Crippen molar-refractivity contribution < 1.29 is 0 Å². The van der Waals surface area contributed by atoms with Crippen LogP contribution in [0.2, 0.25) is 0 Å². The molecule has 0 aliphatic rings. The lowest BCUT2D eigenvalue weighted by molar-refractivity contribution is 0.820. The van der Waals surface area contributed by atoms with Gasteiger partial charge in [-0.1, -0.05) is 0 Å². The molecule has 0 aliphatic carbocycles. The zero-order valence-electron chi connectivity index (χ0n) is 13.0. The number of aromatic amines is 1. The third kappa shape index (κ3) is 3.16. The molecule has 118 valence electrons. The van der Waals surface area contributed by atoms with Gasteiger partial charge in [-0.15, -0.1) is 0 Å². The fraction of sp³-hybridized carbons (Fsp3) is 0.188. The Labute approximate surface area is 153 Å². The predicted molar refractivity (Wildman–Crippen MR) is 103 cm³/mol. The quantitative estimate of drug-likeness (QED) is 0.381. The minimum absolute atomic E-state index is 0.491. The highest BCUT2D eigenvalue weighted by atomic mass is 127. The first-order valence-electron chi connectivity index (χ1n) is 7.10. The Kier molecular flexibility index (Phi) is 4.49. The third-order valence-electron chi connectivity index (χ3n) is 3.68. The molecule has 5 nitrogen and oxygen atoms in total. The molecule has 0 unspecified atom stereocenters. The number of H-pyrrole nitrogens is 1. The minimum Gasteiger partial charge on any atom is -0.318 e. The van der Waals surface area contributed by atoms with Crippen molar-refractivity contribution in [2.75, 3.05) is 0 Å². The highest BCUT2D eigenvalue weighted by Crippen LogP contribution is 2.20. The molecule has 0 fully saturated rings. The first-order chi connectivity index (χ1) is 11.0. The summed E-state index contributed by atoms with van der Waals surface area (Å²) in [5, 5.41) is 11.2. The number of nitrogens with zero attached hydrogens (tertiary/aromatic N) is 4. The number of rotatable bonds is 3. The molecule has 0 radical (unpaired) electrons. The lowest BCUT2D eigenvalue weighted by Gasteiger charge is -2.09. The third-order valence-corrected chi connectivity index (χ3v) is 4.66. The first-order valence-corrected chi connectivity index (χ1v) is 8.59. The second-order valence-electron chi connectivity index (χ2n) is 5.27. The van der Waals surface area contributed by atoms with E-state index in [4.69, 9.17) is 12.2 Å². The van der Waals surface area contributed by atoms with Crippen LogP contribution in [0.1, 0.15) is 22.8 Å². The molecule has 3 aromatic rings. The van der Waals surface area contributed by atoms with Crippen LogP contribution < -0.4 is 0 Å². The van der Waals surface area contributed by atoms with Crippen molar-refractivity contribution in [1.29, 1.82) is 0 Å². The lowest BCUT2D eigenvalue weighted by Crippen LogP contribution is -2.00. The van der Waals surface area contributed by atoms with E-state index in [-0.39, 0.29) is 0 Å². The van der Waals surface area contributed by atoms with Crippen LogP contribution in [-0.2, 0) is 0 Å². The van der Waals surface area contributed by atoms with Gasteiger partial charge in [-0.2, -0.15) is 14.9 Å². The molecule has 2 heterocycles. The van der Waals surface area contributed by atoms with E-state index in [0.717, 1.165) is 28.5 Å². The Morgan fingerprint density at radius 3 is 2.52 bits per heavy atom. The summed E-state index contributed by atoms with van der Waals surface area (Å²) in [5.74, 6) is 0.734. The van der Waals surface area contributed by atoms with Crippen LogP contribution in [0.15, 0.2) is 35.4 Å². The molecule has 0 aliphatic heterocycles. The maximum Gasteiger partial charge on any atom is 0.216 e. The smallest absolute Gasteiger partial charge is 0.216 e. The molecule has 0 bridgehead atoms. The summed E-state index contributed by atoms with van der Waals surface area (Å²) in [7, 11) is 0. The van der Waals surface area contributed by atoms with Crippen LogP contribution in [0, 0.1) is 29.1 Å². The van der Waals surface area contributed by atoms with Crippen LogP contribution in [-0.4, -0.2) is 25.7 Å². The van der Waals surface area contributed by atoms with Gasteiger partial charge in [0.15, 0.2) is 0 Å². The Bertz CT molecular complexity index is 931. The number of benzene rings is 1. The summed E-state index contributed by atoms with van der Waals surface area (Å²) in [6.45, 7) is 6.05. The van der Waals surface area contributed by atoms with Crippen LogP contribution in [0.25, 0.3) is 5.69 Å². The number of nitrogens with one attached hydrogen (secondary N) is 1. The second kappa shape index (κ2) is 6.40. The van der Waals surface area contributed by atoms with Crippen molar-refractivity contribution in [3.05, 3.63) is 61.4 Å². The maximum absolute atomic E-state index is 5.17. The summed E-state index contributed by atoms with van der Waals surface area (Å²) >= 11 is 7.48. The Morgan fingerprint density at radius 2 is 1.91 bits per heavy atom. The molecule has 0 spiro atoms. The van der Waals surface area contributed by atoms with E-state index in [1.165, 1.54) is 3.57 Å². The summed E-state index contributed by atoms with van der Waals surface area (Å²) in [5.41, 5.74) is 4.51. The summed E-state index contributed by atoms with van der Waals surface area (Å²) in [6, 6.07) is 10.6. The topological polar surface area (TPSA) is 50.9 Å². The van der Waals surface area contributed by atoms with E-state index < -0.39 is 0 Å². The van der Waals surface area contributed by atoms with Gasteiger partial charge in [-0.05, 0) is 85.9 Å². The van der Waals surface area contributed by atoms with Crippen molar-refractivity contribution >= 4 is 41.0 Å². The van der Waals surface area contributed by atoms with E-state index in [1.807, 2.05) is 13.1 Å². The number of aromatic nitrogens is 4. The predicted octanol–water partition coefficient (Wildman–Crippen LogP) is 4.14. The Morgan fingerprint density at radius 1 is 1.22 bits per heavy atom. The average Bonchev–Trinajstić information content (AvgIpc) is 2.98. The SMILES string of the molecule is Cc1cc(/C=N\n2c(C)n[nH]c2=S)c(C)n1-c1ccc(I)cc1. The molecule has 2 aromatic heterocycles. The van der Waals surface area contributed by atoms with Crippen LogP contribution >= 0.6 is 34.8 Å². The molecule has 3 rings (SSSR count). The van der Waals surface area contributed by atoms with Crippen molar-refractivity contribution in [2.24, 2.45) is 5.10 Å². The first kappa shape index (κ1) is 16.1. The lowest BCUT2D eigenvalue weighted by atomic mass is 10.2. The van der Waals surface area contributed by atoms with E-state index >= 15 is 0 Å². The monoisotopic (exact) mass is 437 g/mol. The molecule has 23 heavy (non-hydrogen) atoms. The molecule has 0 saturated carbocycles. The van der Waals surface area contributed by atoms with E-state index in [2.05, 4.69) is 86.6 Å². The van der Waals surface area contributed by atoms with Crippen molar-refractivity contribution in [2.45, 2.75) is 20.8 Å². The standard InChI is InChI=1S/C16H16IN5S/c1-10-8-13(9-18-22-12(3)19-20-16(22)23)11(2)21(10)15-6-4-14(17)5-7-15/h4-9H,1-3H3,(H,20,23)/b18-9-. The fourth-order valence-corrected chi connectivity index (χ4v) is 3.12. The summed E-state index contributed by atoms with van der Waals surface area (Å²) < 4.78 is 5.55. The van der Waals surface area contributed by atoms with E-state index in [9.17, 15) is 0 Å². The highest BCUT2D eigenvalue weighted by molar-refractivity contribution is 14.1. The van der Waals surface area contributed by atoms with Crippen LogP contribution in [0.3, 0.4) is 0 Å². The van der Waals surface area contributed by atoms with Gasteiger partial charge in [-0.25, -0.2) is 0 Å². The van der Waals surface area contributed by atoms with Gasteiger partial charge >= 0.3 is 0 Å². The van der Waals surface area contributed by atoms with Gasteiger partial charge < -0.3 is 4.57 Å². The molecule has 0 saturated heterocycles. The van der Waals surface area contributed by atoms with Gasteiger partial charge in [0.1, 0.15) is 5.82 Å². The molecule has 7 heteroatoms. The molecular formula is C16H16IN5S. The molecule has 1 N–H and O–H groups in total. The van der Waals surface area contributed by atoms with Gasteiger partial charge in [-0.3, -0.25) is 5.10 Å². The zero-order valence-corrected chi connectivity index (χ0v) is 16.0. The number of hydrogen-bond donors (Lipinski definition) is 1. The number of halogens is 1. The Balaban J connectivity index is 2.01. The number of aryl methyl sites for hydroxylation is 2. The van der Waals surface area contributed by atoms with Gasteiger partial charge in [0, 0.05) is 26.2 Å². The maximum atomic E-state index is 5.17. The van der Waals surface area contributed by atoms with E-state index in [1.54, 1.807) is 4.68 Å². The molecular weight excluding hydrogens is 421 g/mol. The van der Waals surface area contributed by atoms with Gasteiger partial charge in [0.05, 0.1) is 6.21 Å².